The summed E-state index contributed by atoms with van der Waals surface area (Å²) >= 11 is 6.14. The van der Waals surface area contributed by atoms with Crippen LogP contribution in [0.5, 0.6) is 0 Å². The quantitative estimate of drug-likeness (QED) is 0.288. The number of nitrogens with zero attached hydrogens (tertiary/aromatic N) is 6. The van der Waals surface area contributed by atoms with Gasteiger partial charge in [0, 0.05) is 29.6 Å². The maximum absolute atomic E-state index is 17.1. The molecule has 5 rings (SSSR count). The molecule has 194 valence electrons. The van der Waals surface area contributed by atoms with E-state index in [1.807, 2.05) is 56.3 Å². The van der Waals surface area contributed by atoms with Crippen molar-refractivity contribution in [2.75, 3.05) is 13.1 Å². The summed E-state index contributed by atoms with van der Waals surface area (Å²) in [6, 6.07) is 21.3. The highest BCUT2D eigenvalue weighted by Crippen LogP contribution is 2.48. The van der Waals surface area contributed by atoms with Crippen molar-refractivity contribution in [3.63, 3.8) is 0 Å². The van der Waals surface area contributed by atoms with E-state index in [0.29, 0.717) is 29.2 Å². The Morgan fingerprint density at radius 1 is 1.05 bits per heavy atom. The third-order valence-electron chi connectivity index (χ3n) is 7.33. The molecule has 4 aromatic rings. The molecule has 1 aliphatic heterocycles. The molecule has 2 unspecified atom stereocenters. The first-order valence-corrected chi connectivity index (χ1v) is 12.8. The number of rotatable bonds is 7. The van der Waals surface area contributed by atoms with Gasteiger partial charge in [-0.1, -0.05) is 49.7 Å². The molecule has 6 nitrogen and oxygen atoms in total. The van der Waals surface area contributed by atoms with E-state index in [1.54, 1.807) is 19.2 Å². The highest BCUT2D eigenvalue weighted by Gasteiger charge is 2.51. The highest BCUT2D eigenvalue weighted by atomic mass is 35.5. The first-order valence-electron chi connectivity index (χ1n) is 12.4. The van der Waals surface area contributed by atoms with Crippen molar-refractivity contribution in [2.24, 2.45) is 18.9 Å². The van der Waals surface area contributed by atoms with Gasteiger partial charge in [0.1, 0.15) is 11.5 Å². The van der Waals surface area contributed by atoms with Crippen LogP contribution >= 0.6 is 11.6 Å². The number of benzene rings is 3. The maximum Gasteiger partial charge on any atom is 0.205 e. The van der Waals surface area contributed by atoms with Gasteiger partial charge in [0.05, 0.1) is 24.7 Å². The van der Waals surface area contributed by atoms with Crippen molar-refractivity contribution in [3.8, 4) is 17.5 Å². The lowest BCUT2D eigenvalue weighted by Gasteiger charge is -2.51. The Kier molecular flexibility index (Phi) is 6.99. The van der Waals surface area contributed by atoms with Gasteiger partial charge in [-0.25, -0.2) is 8.78 Å². The van der Waals surface area contributed by atoms with E-state index >= 15 is 4.39 Å². The molecule has 3 aromatic carbocycles. The van der Waals surface area contributed by atoms with Gasteiger partial charge in [-0.3, -0.25) is 4.90 Å². The number of aryl methyl sites for hydroxylation is 1. The van der Waals surface area contributed by atoms with Crippen LogP contribution in [0.3, 0.4) is 0 Å². The van der Waals surface area contributed by atoms with Crippen molar-refractivity contribution in [1.29, 1.82) is 5.26 Å². The average molecular weight is 533 g/mol. The Morgan fingerprint density at radius 3 is 2.42 bits per heavy atom. The molecule has 0 spiro atoms. The largest absolute Gasteiger partial charge is 0.291 e. The van der Waals surface area contributed by atoms with Crippen molar-refractivity contribution in [2.45, 2.75) is 25.6 Å². The fourth-order valence-corrected chi connectivity index (χ4v) is 5.53. The van der Waals surface area contributed by atoms with Gasteiger partial charge < -0.3 is 0 Å². The molecule has 0 bridgehead atoms. The minimum atomic E-state index is -1.78. The van der Waals surface area contributed by atoms with Crippen molar-refractivity contribution < 1.29 is 8.78 Å². The molecule has 9 heteroatoms. The summed E-state index contributed by atoms with van der Waals surface area (Å²) in [6.07, 6.45) is 0. The third-order valence-corrected chi connectivity index (χ3v) is 7.59. The van der Waals surface area contributed by atoms with Crippen molar-refractivity contribution >= 4 is 11.6 Å². The average Bonchev–Trinajstić information content (AvgIpc) is 3.32. The minimum Gasteiger partial charge on any atom is -0.291 e. The van der Waals surface area contributed by atoms with Gasteiger partial charge in [0.2, 0.25) is 5.82 Å². The zero-order valence-electron chi connectivity index (χ0n) is 21.3. The molecule has 0 saturated carbocycles. The number of alkyl halides is 1. The molecule has 38 heavy (non-hydrogen) atoms. The van der Waals surface area contributed by atoms with E-state index in [4.69, 9.17) is 11.6 Å². The lowest BCUT2D eigenvalue weighted by molar-refractivity contribution is -0.0731. The van der Waals surface area contributed by atoms with Crippen LogP contribution in [0.15, 0.2) is 66.7 Å². The molecule has 1 aromatic heterocycles. The van der Waals surface area contributed by atoms with Crippen molar-refractivity contribution in [1.82, 2.24) is 25.1 Å². The zero-order chi connectivity index (χ0) is 27.0. The second-order valence-electron chi connectivity index (χ2n) is 10.1. The first kappa shape index (κ1) is 26.0. The monoisotopic (exact) mass is 532 g/mol. The fourth-order valence-electron chi connectivity index (χ4n) is 5.41. The van der Waals surface area contributed by atoms with Crippen LogP contribution in [0.1, 0.15) is 42.1 Å². The molecular formula is C29H27ClF2N6. The van der Waals surface area contributed by atoms with Gasteiger partial charge >= 0.3 is 0 Å². The van der Waals surface area contributed by atoms with Crippen LogP contribution in [0, 0.1) is 29.0 Å². The normalized spacial score (nSPS) is 16.6. The number of tetrazole rings is 1. The third kappa shape index (κ3) is 4.80. The molecule has 2 atom stereocenters. The Morgan fingerprint density at radius 2 is 1.79 bits per heavy atom. The van der Waals surface area contributed by atoms with Crippen LogP contribution in [-0.4, -0.2) is 38.2 Å². The van der Waals surface area contributed by atoms with Crippen LogP contribution < -0.4 is 0 Å². The minimum absolute atomic E-state index is 0.180. The molecule has 1 saturated heterocycles. The Hall–Kier alpha value is -3.67. The lowest BCUT2D eigenvalue weighted by Crippen LogP contribution is -2.57. The summed E-state index contributed by atoms with van der Waals surface area (Å²) < 4.78 is 31.8. The predicted molar refractivity (Wildman–Crippen MR) is 141 cm³/mol. The second-order valence-corrected chi connectivity index (χ2v) is 10.5. The lowest BCUT2D eigenvalue weighted by atomic mass is 9.70. The summed E-state index contributed by atoms with van der Waals surface area (Å²) in [7, 11) is 1.62. The van der Waals surface area contributed by atoms with Gasteiger partial charge in [-0.05, 0) is 70.3 Å². The van der Waals surface area contributed by atoms with Gasteiger partial charge in [0.15, 0.2) is 0 Å². The molecule has 0 aliphatic carbocycles. The molecule has 1 fully saturated rings. The number of hydrogen-bond acceptors (Lipinski definition) is 5. The molecule has 0 radical (unpaired) electrons. The summed E-state index contributed by atoms with van der Waals surface area (Å²) in [4.78, 5) is 3.47. The van der Waals surface area contributed by atoms with E-state index in [0.717, 1.165) is 11.1 Å². The maximum atomic E-state index is 17.1. The van der Waals surface area contributed by atoms with Crippen LogP contribution in [0.4, 0.5) is 8.78 Å². The van der Waals surface area contributed by atoms with E-state index < -0.39 is 17.4 Å². The Labute approximate surface area is 225 Å². The Bertz CT molecular complexity index is 1490. The zero-order valence-corrected chi connectivity index (χ0v) is 22.1. The summed E-state index contributed by atoms with van der Waals surface area (Å²) in [6.45, 7) is 4.55. The fraction of sp³-hybridized carbons (Fsp3) is 0.310. The number of hydrogen-bond donors (Lipinski definition) is 0. The summed E-state index contributed by atoms with van der Waals surface area (Å²) in [5, 5.41) is 22.0. The van der Waals surface area contributed by atoms with E-state index in [-0.39, 0.29) is 23.3 Å². The van der Waals surface area contributed by atoms with Crippen LogP contribution in [0.25, 0.3) is 11.4 Å². The first-order chi connectivity index (χ1) is 18.2. The van der Waals surface area contributed by atoms with Gasteiger partial charge in [-0.2, -0.15) is 10.1 Å². The van der Waals surface area contributed by atoms with Crippen molar-refractivity contribution in [3.05, 3.63) is 99.8 Å². The van der Waals surface area contributed by atoms with Crippen LogP contribution in [0.2, 0.25) is 5.02 Å². The number of nitriles is 1. The number of halogens is 3. The van der Waals surface area contributed by atoms with Gasteiger partial charge in [0.25, 0.3) is 0 Å². The van der Waals surface area contributed by atoms with Crippen LogP contribution in [-0.2, 0) is 12.7 Å². The SMILES string of the molecule is CC(C)C(F)(c1cc(F)cc(-c2nnn(C)n2)c1)C1CN(C(c2ccc(Cl)cc2)c2cccc(C#N)c2)C1. The summed E-state index contributed by atoms with van der Waals surface area (Å²) in [5.41, 5.74) is 1.38. The van der Waals surface area contributed by atoms with E-state index in [2.05, 4.69) is 26.4 Å². The summed E-state index contributed by atoms with van der Waals surface area (Å²) in [5.74, 6) is -1.08. The van der Waals surface area contributed by atoms with E-state index in [9.17, 15) is 9.65 Å². The Balaban J connectivity index is 1.48. The second kappa shape index (κ2) is 10.2. The van der Waals surface area contributed by atoms with E-state index in [1.165, 1.54) is 16.9 Å². The molecule has 0 N–H and O–H groups in total. The molecule has 2 heterocycles. The predicted octanol–water partition coefficient (Wildman–Crippen LogP) is 6.08. The molecule has 0 amide bonds. The molecular weight excluding hydrogens is 506 g/mol. The number of aromatic nitrogens is 4. The topological polar surface area (TPSA) is 70.6 Å². The molecule has 1 aliphatic rings. The smallest absolute Gasteiger partial charge is 0.205 e. The standard InChI is InChI=1S/C29H27ClF2N6/c1-18(2)29(32,23-12-22(13-26(31)14-23)28-34-36-37(3)35-28)24-16-38(17-24)27(20-7-9-25(30)10-8-20)21-6-4-5-19(11-21)15-33/h4-14,18,24,27H,16-17H2,1-3H3. The van der Waals surface area contributed by atoms with Gasteiger partial charge in [-0.15, -0.1) is 10.2 Å². The highest BCUT2D eigenvalue weighted by molar-refractivity contribution is 6.30. The number of likely N-dealkylation sites (tertiary alicyclic amines) is 1.